The number of rotatable bonds is 11. The lowest BCUT2D eigenvalue weighted by Crippen LogP contribution is -2.58. The number of benzene rings is 1. The lowest BCUT2D eigenvalue weighted by molar-refractivity contribution is -0.160. The van der Waals surface area contributed by atoms with Crippen molar-refractivity contribution in [2.45, 2.75) is 50.4 Å². The number of para-hydroxylation sites is 2. The first-order valence-electron chi connectivity index (χ1n) is 15.2. The molecule has 3 N–H and O–H groups in total. The van der Waals surface area contributed by atoms with Gasteiger partial charge in [0.05, 0.1) is 22.5 Å². The van der Waals surface area contributed by atoms with Crippen molar-refractivity contribution in [1.29, 1.82) is 0 Å². The van der Waals surface area contributed by atoms with Crippen LogP contribution in [0.3, 0.4) is 0 Å². The summed E-state index contributed by atoms with van der Waals surface area (Å²) in [4.78, 5) is 64.7. The molecule has 4 heterocycles. The number of aromatic nitrogens is 2. The van der Waals surface area contributed by atoms with E-state index in [4.69, 9.17) is 19.4 Å². The second-order valence-electron chi connectivity index (χ2n) is 12.0. The largest absolute Gasteiger partial charge is 0.479 e. The molecule has 0 radical (unpaired) electrons. The predicted octanol–water partition coefficient (Wildman–Crippen LogP) is 4.83. The summed E-state index contributed by atoms with van der Waals surface area (Å²) >= 11 is 2.58. The van der Waals surface area contributed by atoms with Crippen LogP contribution in [0.25, 0.3) is 21.6 Å². The van der Waals surface area contributed by atoms with Crippen molar-refractivity contribution < 1.29 is 39.0 Å². The van der Waals surface area contributed by atoms with Crippen LogP contribution in [0.2, 0.25) is 0 Å². The van der Waals surface area contributed by atoms with Crippen molar-refractivity contribution in [3.05, 3.63) is 71.9 Å². The third kappa shape index (κ3) is 6.35. The Labute approximate surface area is 283 Å². The number of hydroxylamine groups is 2. The average Bonchev–Trinajstić information content (AvgIpc) is 3.54. The van der Waals surface area contributed by atoms with Crippen LogP contribution in [-0.2, 0) is 14.4 Å². The molecule has 3 aromatic heterocycles. The first-order chi connectivity index (χ1) is 23.0. The van der Waals surface area contributed by atoms with Gasteiger partial charge in [-0.3, -0.25) is 14.8 Å². The number of carboxylic acid groups (broad SMARTS) is 1. The van der Waals surface area contributed by atoms with E-state index in [1.807, 2.05) is 35.7 Å². The minimum Gasteiger partial charge on any atom is -0.479 e. The van der Waals surface area contributed by atoms with Gasteiger partial charge >= 0.3 is 12.1 Å². The molecule has 48 heavy (non-hydrogen) atoms. The number of hydrogen-bond acceptors (Lipinski definition) is 11. The van der Waals surface area contributed by atoms with Gasteiger partial charge in [-0.1, -0.05) is 38.1 Å². The SMILES string of the molecule is C=C[C@@H]1CC1(NC(=O)[C@@H]1C[C@@H](Oc2nc3ccccc3nc2-c2cccs2)CN1C(=O)C(C(C)C)N(O)C(=O)Oc1cccs1)C(=O)O. The van der Waals surface area contributed by atoms with E-state index in [1.54, 1.807) is 31.4 Å². The molecule has 6 rings (SSSR count). The first-order valence-corrected chi connectivity index (χ1v) is 17.0. The molecule has 15 heteroatoms. The number of carbonyl (C=O) groups is 4. The Morgan fingerprint density at radius 1 is 1.08 bits per heavy atom. The van der Waals surface area contributed by atoms with E-state index < -0.39 is 59.4 Å². The van der Waals surface area contributed by atoms with E-state index in [1.165, 1.54) is 28.4 Å². The van der Waals surface area contributed by atoms with Crippen molar-refractivity contribution in [3.8, 4) is 21.5 Å². The molecule has 1 saturated carbocycles. The third-order valence-electron chi connectivity index (χ3n) is 8.47. The van der Waals surface area contributed by atoms with Crippen LogP contribution in [0.1, 0.15) is 26.7 Å². The maximum atomic E-state index is 14.2. The molecule has 1 saturated heterocycles. The zero-order valence-corrected chi connectivity index (χ0v) is 27.6. The summed E-state index contributed by atoms with van der Waals surface area (Å²) in [5.74, 6) is -3.56. The predicted molar refractivity (Wildman–Crippen MR) is 177 cm³/mol. The highest BCUT2D eigenvalue weighted by Crippen LogP contribution is 2.45. The highest BCUT2D eigenvalue weighted by atomic mass is 32.1. The highest BCUT2D eigenvalue weighted by Gasteiger charge is 2.61. The summed E-state index contributed by atoms with van der Waals surface area (Å²) < 4.78 is 11.6. The van der Waals surface area contributed by atoms with Crippen LogP contribution >= 0.6 is 22.7 Å². The quantitative estimate of drug-likeness (QED) is 0.112. The van der Waals surface area contributed by atoms with E-state index in [0.29, 0.717) is 16.7 Å². The Bertz CT molecular complexity index is 1850. The second-order valence-corrected chi connectivity index (χ2v) is 13.8. The summed E-state index contributed by atoms with van der Waals surface area (Å²) in [6.07, 6.45) is -0.351. The molecule has 2 aliphatic rings. The maximum absolute atomic E-state index is 14.2. The normalized spacial score (nSPS) is 22.2. The van der Waals surface area contributed by atoms with E-state index in [9.17, 15) is 29.5 Å². The molecular formula is C33H33N5O8S2. The zero-order chi connectivity index (χ0) is 34.2. The van der Waals surface area contributed by atoms with Crippen molar-refractivity contribution in [1.82, 2.24) is 25.2 Å². The molecule has 3 amide bonds. The lowest BCUT2D eigenvalue weighted by atomic mass is 10.0. The van der Waals surface area contributed by atoms with Crippen molar-refractivity contribution in [2.24, 2.45) is 11.8 Å². The zero-order valence-electron chi connectivity index (χ0n) is 26.0. The van der Waals surface area contributed by atoms with Crippen LogP contribution in [-0.4, -0.2) is 84.4 Å². The number of hydrogen-bond donors (Lipinski definition) is 3. The number of carbonyl (C=O) groups excluding carboxylic acids is 3. The molecule has 0 spiro atoms. The van der Waals surface area contributed by atoms with Gasteiger partial charge in [0.1, 0.15) is 29.4 Å². The van der Waals surface area contributed by atoms with E-state index in [2.05, 4.69) is 11.9 Å². The van der Waals surface area contributed by atoms with Crippen LogP contribution < -0.4 is 14.8 Å². The van der Waals surface area contributed by atoms with Crippen LogP contribution in [0.15, 0.2) is 71.9 Å². The molecule has 5 atom stereocenters. The number of ether oxygens (including phenoxy) is 2. The number of likely N-dealkylation sites (tertiary alicyclic amines) is 1. The Morgan fingerprint density at radius 3 is 2.40 bits per heavy atom. The number of nitrogens with one attached hydrogen (secondary N) is 1. The summed E-state index contributed by atoms with van der Waals surface area (Å²) in [5.41, 5.74) is 0.184. The van der Waals surface area contributed by atoms with Gasteiger partial charge in [-0.2, -0.15) is 5.06 Å². The molecular weight excluding hydrogens is 659 g/mol. The number of thiophene rings is 2. The molecule has 1 aromatic carbocycles. The van der Waals surface area contributed by atoms with E-state index >= 15 is 0 Å². The molecule has 2 unspecified atom stereocenters. The number of amides is 3. The molecule has 2 fully saturated rings. The van der Waals surface area contributed by atoms with Gasteiger partial charge in [0.15, 0.2) is 5.06 Å². The smallest absolute Gasteiger partial charge is 0.440 e. The standard InChI is InChI=1S/C33H33N5O8S2/c1-4-19-16-33(19,31(41)42)36-28(39)23-15-20(45-29-26(24-11-7-13-47-24)34-21-9-5-6-10-22(21)35-29)17-37(23)30(40)27(18(2)3)38(44)32(43)46-25-12-8-14-48-25/h4-14,18-20,23,27,44H,1,15-17H2,2-3H3,(H,36,39)(H,41,42)/t19-,20-,23+,27?,33?/m1/s1. The van der Waals surface area contributed by atoms with Crippen LogP contribution in [0, 0.1) is 11.8 Å². The van der Waals surface area contributed by atoms with Crippen LogP contribution in [0.5, 0.6) is 10.9 Å². The average molecular weight is 692 g/mol. The monoisotopic (exact) mass is 691 g/mol. The van der Waals surface area contributed by atoms with Crippen LogP contribution in [0.4, 0.5) is 4.79 Å². The van der Waals surface area contributed by atoms with Gasteiger partial charge in [0, 0.05) is 12.3 Å². The Hall–Kier alpha value is -4.86. The van der Waals surface area contributed by atoms with Crippen molar-refractivity contribution in [3.63, 3.8) is 0 Å². The minimum absolute atomic E-state index is 0.0275. The van der Waals surface area contributed by atoms with Crippen molar-refractivity contribution >= 4 is 57.6 Å². The first kappa shape index (κ1) is 33.1. The molecule has 250 valence electrons. The van der Waals surface area contributed by atoms with Gasteiger partial charge in [-0.05, 0) is 53.4 Å². The second kappa shape index (κ2) is 13.3. The van der Waals surface area contributed by atoms with Gasteiger partial charge in [-0.25, -0.2) is 19.6 Å². The maximum Gasteiger partial charge on any atom is 0.440 e. The number of fused-ring (bicyclic) bond motifs is 1. The minimum atomic E-state index is -1.55. The fraction of sp³-hybridized carbons (Fsp3) is 0.333. The number of carboxylic acids is 1. The number of aliphatic carboxylic acids is 1. The lowest BCUT2D eigenvalue weighted by Gasteiger charge is -2.33. The van der Waals surface area contributed by atoms with E-state index in [0.717, 1.165) is 16.2 Å². The summed E-state index contributed by atoms with van der Waals surface area (Å²) in [7, 11) is 0. The van der Waals surface area contributed by atoms with Gasteiger partial charge in [-0.15, -0.1) is 29.3 Å². The Balaban J connectivity index is 1.31. The third-order valence-corrected chi connectivity index (χ3v) is 10.1. The van der Waals surface area contributed by atoms with Gasteiger partial charge in [0.2, 0.25) is 17.7 Å². The highest BCUT2D eigenvalue weighted by molar-refractivity contribution is 7.13. The van der Waals surface area contributed by atoms with Gasteiger partial charge < -0.3 is 24.8 Å². The number of nitrogens with zero attached hydrogens (tertiary/aromatic N) is 4. The summed E-state index contributed by atoms with van der Waals surface area (Å²) in [5, 5.41) is 27.6. The summed E-state index contributed by atoms with van der Waals surface area (Å²) in [6, 6.07) is 11.6. The van der Waals surface area contributed by atoms with E-state index in [-0.39, 0.29) is 35.4 Å². The molecule has 13 nitrogen and oxygen atoms in total. The molecule has 1 aliphatic carbocycles. The van der Waals surface area contributed by atoms with Gasteiger partial charge in [0.25, 0.3) is 0 Å². The Kier molecular flexibility index (Phi) is 9.18. The fourth-order valence-electron chi connectivity index (χ4n) is 5.90. The Morgan fingerprint density at radius 2 is 1.79 bits per heavy atom. The topological polar surface area (TPSA) is 171 Å². The fourth-order valence-corrected chi connectivity index (χ4v) is 7.17. The van der Waals surface area contributed by atoms with Crippen molar-refractivity contribution in [2.75, 3.05) is 6.54 Å². The molecule has 4 aromatic rings. The molecule has 0 bridgehead atoms. The molecule has 1 aliphatic heterocycles. The summed E-state index contributed by atoms with van der Waals surface area (Å²) in [6.45, 7) is 6.82.